The normalized spacial score (nSPS) is 10.8. The number of aliphatic carboxylic acids is 1. The van der Waals surface area contributed by atoms with Gasteiger partial charge in [-0.15, -0.1) is 0 Å². The van der Waals surface area contributed by atoms with Crippen LogP contribution in [-0.2, 0) is 17.8 Å². The van der Waals surface area contributed by atoms with Crippen molar-refractivity contribution in [2.45, 2.75) is 39.4 Å². The van der Waals surface area contributed by atoms with Crippen molar-refractivity contribution in [2.75, 3.05) is 0 Å². The van der Waals surface area contributed by atoms with E-state index in [2.05, 4.69) is 0 Å². The maximum absolute atomic E-state index is 10.9. The number of carboxylic acid groups (broad SMARTS) is 1. The Morgan fingerprint density at radius 2 is 1.84 bits per heavy atom. The third kappa shape index (κ3) is 6.15. The lowest BCUT2D eigenvalue weighted by molar-refractivity contribution is -0.136. The van der Waals surface area contributed by atoms with Gasteiger partial charge in [0.1, 0.15) is 18.1 Å². The molecule has 25 heavy (non-hydrogen) atoms. The van der Waals surface area contributed by atoms with Gasteiger partial charge in [-0.3, -0.25) is 4.79 Å². The SMILES string of the molecule is CC(C)Oc1ccc(CCC(=O)O)c(OCc2ccc(Cl)cc2Cl)c1. The number of aryl methyl sites for hydroxylation is 1. The zero-order valence-corrected chi connectivity index (χ0v) is 15.6. The summed E-state index contributed by atoms with van der Waals surface area (Å²) in [5, 5.41) is 9.99. The lowest BCUT2D eigenvalue weighted by atomic mass is 10.1. The largest absolute Gasteiger partial charge is 0.491 e. The number of benzene rings is 2. The molecule has 0 aromatic heterocycles. The second-order valence-electron chi connectivity index (χ2n) is 5.85. The third-order valence-corrected chi connectivity index (χ3v) is 4.00. The summed E-state index contributed by atoms with van der Waals surface area (Å²) in [5.41, 5.74) is 1.61. The minimum Gasteiger partial charge on any atom is -0.491 e. The first-order chi connectivity index (χ1) is 11.8. The van der Waals surface area contributed by atoms with Gasteiger partial charge in [0.25, 0.3) is 0 Å². The highest BCUT2D eigenvalue weighted by Gasteiger charge is 2.11. The number of carbonyl (C=O) groups is 1. The Labute approximate surface area is 157 Å². The second kappa shape index (κ2) is 8.97. The minimum absolute atomic E-state index is 0.0302. The average molecular weight is 383 g/mol. The van der Waals surface area contributed by atoms with E-state index in [9.17, 15) is 4.79 Å². The van der Waals surface area contributed by atoms with Crippen LogP contribution in [0.15, 0.2) is 36.4 Å². The molecule has 6 heteroatoms. The van der Waals surface area contributed by atoms with E-state index in [1.807, 2.05) is 26.0 Å². The molecule has 0 radical (unpaired) electrons. The fourth-order valence-electron chi connectivity index (χ4n) is 2.26. The molecule has 1 N–H and O–H groups in total. The van der Waals surface area contributed by atoms with E-state index in [1.54, 1.807) is 24.3 Å². The monoisotopic (exact) mass is 382 g/mol. The summed E-state index contributed by atoms with van der Waals surface area (Å²) in [6.45, 7) is 4.12. The van der Waals surface area contributed by atoms with Gasteiger partial charge in [-0.1, -0.05) is 35.3 Å². The van der Waals surface area contributed by atoms with Gasteiger partial charge in [0.2, 0.25) is 0 Å². The van der Waals surface area contributed by atoms with Crippen molar-refractivity contribution in [3.63, 3.8) is 0 Å². The fourth-order valence-corrected chi connectivity index (χ4v) is 2.72. The molecule has 2 aromatic rings. The highest BCUT2D eigenvalue weighted by molar-refractivity contribution is 6.35. The van der Waals surface area contributed by atoms with Gasteiger partial charge in [0.05, 0.1) is 6.10 Å². The summed E-state index contributed by atoms with van der Waals surface area (Å²) in [5.74, 6) is 0.408. The van der Waals surface area contributed by atoms with Gasteiger partial charge in [0.15, 0.2) is 0 Å². The Hall–Kier alpha value is -1.91. The Morgan fingerprint density at radius 3 is 2.48 bits per heavy atom. The van der Waals surface area contributed by atoms with Crippen LogP contribution in [0.25, 0.3) is 0 Å². The molecule has 0 unspecified atom stereocenters. The van der Waals surface area contributed by atoms with E-state index in [1.165, 1.54) is 0 Å². The maximum Gasteiger partial charge on any atom is 0.303 e. The summed E-state index contributed by atoms with van der Waals surface area (Å²) in [6.07, 6.45) is 0.437. The van der Waals surface area contributed by atoms with Crippen LogP contribution in [0.3, 0.4) is 0 Å². The molecule has 0 aliphatic rings. The van der Waals surface area contributed by atoms with Crippen molar-refractivity contribution in [3.05, 3.63) is 57.6 Å². The standard InChI is InChI=1S/C19H20Cl2O4/c1-12(2)25-16-7-4-13(5-8-19(22)23)18(10-16)24-11-14-3-6-15(20)9-17(14)21/h3-4,6-7,9-10,12H,5,8,11H2,1-2H3,(H,22,23). The molecule has 134 valence electrons. The van der Waals surface area contributed by atoms with E-state index in [-0.39, 0.29) is 19.1 Å². The number of halogens is 2. The van der Waals surface area contributed by atoms with Gasteiger partial charge in [-0.2, -0.15) is 0 Å². The van der Waals surface area contributed by atoms with Gasteiger partial charge in [-0.05, 0) is 44.0 Å². The van der Waals surface area contributed by atoms with Gasteiger partial charge in [0, 0.05) is 28.1 Å². The molecule has 0 saturated heterocycles. The van der Waals surface area contributed by atoms with Gasteiger partial charge < -0.3 is 14.6 Å². The van der Waals surface area contributed by atoms with Gasteiger partial charge in [-0.25, -0.2) is 0 Å². The maximum atomic E-state index is 10.9. The molecule has 0 amide bonds. The molecule has 0 fully saturated rings. The van der Waals surface area contributed by atoms with E-state index < -0.39 is 5.97 Å². The van der Waals surface area contributed by atoms with Crippen LogP contribution in [0.2, 0.25) is 10.0 Å². The fraction of sp³-hybridized carbons (Fsp3) is 0.316. The van der Waals surface area contributed by atoms with Crippen molar-refractivity contribution in [3.8, 4) is 11.5 Å². The van der Waals surface area contributed by atoms with Crippen LogP contribution >= 0.6 is 23.2 Å². The first-order valence-corrected chi connectivity index (χ1v) is 8.69. The minimum atomic E-state index is -0.853. The Bertz CT molecular complexity index is 744. The Morgan fingerprint density at radius 1 is 1.12 bits per heavy atom. The Balaban J connectivity index is 2.20. The van der Waals surface area contributed by atoms with Crippen LogP contribution in [-0.4, -0.2) is 17.2 Å². The first kappa shape index (κ1) is 19.4. The van der Waals surface area contributed by atoms with Crippen LogP contribution in [0.1, 0.15) is 31.4 Å². The van der Waals surface area contributed by atoms with E-state index in [4.69, 9.17) is 37.8 Å². The quantitative estimate of drug-likeness (QED) is 0.665. The van der Waals surface area contributed by atoms with E-state index in [0.29, 0.717) is 28.0 Å². The number of carboxylic acids is 1. The molecule has 0 saturated carbocycles. The van der Waals surface area contributed by atoms with Crippen LogP contribution < -0.4 is 9.47 Å². The number of hydrogen-bond acceptors (Lipinski definition) is 3. The molecule has 0 aliphatic heterocycles. The summed E-state index contributed by atoms with van der Waals surface area (Å²) < 4.78 is 11.6. The summed E-state index contributed by atoms with van der Waals surface area (Å²) >= 11 is 12.1. The molecular weight excluding hydrogens is 363 g/mol. The molecular formula is C19H20Cl2O4. The second-order valence-corrected chi connectivity index (χ2v) is 6.70. The summed E-state index contributed by atoms with van der Waals surface area (Å²) in [7, 11) is 0. The van der Waals surface area contributed by atoms with Gasteiger partial charge >= 0.3 is 5.97 Å². The predicted octanol–water partition coefficient (Wildman–Crippen LogP) is 5.38. The number of hydrogen-bond donors (Lipinski definition) is 1. The van der Waals surface area contributed by atoms with Crippen LogP contribution in [0.4, 0.5) is 0 Å². The Kier molecular flexibility index (Phi) is 6.97. The number of rotatable bonds is 8. The summed E-state index contributed by atoms with van der Waals surface area (Å²) in [6, 6.07) is 10.6. The van der Waals surface area contributed by atoms with Crippen molar-refractivity contribution >= 4 is 29.2 Å². The van der Waals surface area contributed by atoms with Crippen LogP contribution in [0.5, 0.6) is 11.5 Å². The molecule has 2 rings (SSSR count). The smallest absolute Gasteiger partial charge is 0.303 e. The lowest BCUT2D eigenvalue weighted by Gasteiger charge is -2.15. The zero-order valence-electron chi connectivity index (χ0n) is 14.1. The zero-order chi connectivity index (χ0) is 18.4. The molecule has 0 spiro atoms. The molecule has 0 bridgehead atoms. The average Bonchev–Trinajstić information content (AvgIpc) is 2.52. The lowest BCUT2D eigenvalue weighted by Crippen LogP contribution is -2.07. The van der Waals surface area contributed by atoms with E-state index >= 15 is 0 Å². The highest BCUT2D eigenvalue weighted by Crippen LogP contribution is 2.29. The van der Waals surface area contributed by atoms with Crippen molar-refractivity contribution < 1.29 is 19.4 Å². The predicted molar refractivity (Wildman–Crippen MR) is 99.0 cm³/mol. The van der Waals surface area contributed by atoms with Crippen molar-refractivity contribution in [2.24, 2.45) is 0 Å². The van der Waals surface area contributed by atoms with E-state index in [0.717, 1.165) is 11.1 Å². The molecule has 0 heterocycles. The topological polar surface area (TPSA) is 55.8 Å². The molecule has 0 atom stereocenters. The first-order valence-electron chi connectivity index (χ1n) is 7.93. The summed E-state index contributed by atoms with van der Waals surface area (Å²) in [4.78, 5) is 10.9. The third-order valence-electron chi connectivity index (χ3n) is 3.42. The van der Waals surface area contributed by atoms with Crippen molar-refractivity contribution in [1.29, 1.82) is 0 Å². The molecule has 0 aliphatic carbocycles. The van der Waals surface area contributed by atoms with Crippen molar-refractivity contribution in [1.82, 2.24) is 0 Å². The number of ether oxygens (including phenoxy) is 2. The molecule has 2 aromatic carbocycles. The highest BCUT2D eigenvalue weighted by atomic mass is 35.5. The molecule has 4 nitrogen and oxygen atoms in total. The van der Waals surface area contributed by atoms with Crippen LogP contribution in [0, 0.1) is 0 Å².